The molecule has 2 N–H and O–H groups in total. The number of nitrogens with zero attached hydrogens (tertiary/aromatic N) is 1. The maximum absolute atomic E-state index is 12.1. The van der Waals surface area contributed by atoms with Gasteiger partial charge >= 0.3 is 29.6 Å². The Morgan fingerprint density at radius 3 is 2.47 bits per heavy atom. The van der Waals surface area contributed by atoms with Crippen LogP contribution in [0.15, 0.2) is 88.2 Å². The molecule has 0 heterocycles. The summed E-state index contributed by atoms with van der Waals surface area (Å²) < 4.78 is 0. The van der Waals surface area contributed by atoms with Crippen LogP contribution in [0.25, 0.3) is 0 Å². The molecule has 0 atom stereocenters. The molecule has 0 fully saturated rings. The molecule has 0 aliphatic heterocycles. The number of phenols is 1. The van der Waals surface area contributed by atoms with E-state index in [2.05, 4.69) is 30.4 Å². The zero-order valence-corrected chi connectivity index (χ0v) is 23.9. The van der Waals surface area contributed by atoms with Crippen molar-refractivity contribution in [3.63, 3.8) is 0 Å². The van der Waals surface area contributed by atoms with E-state index in [1.807, 2.05) is 45.1 Å². The smallest absolute Gasteiger partial charge is 0.546 e. The van der Waals surface area contributed by atoms with Crippen molar-refractivity contribution >= 4 is 23.3 Å². The zero-order valence-electron chi connectivity index (χ0n) is 21.9. The molecule has 1 aliphatic rings. The monoisotopic (exact) mass is 500 g/mol. The Morgan fingerprint density at radius 1 is 1.17 bits per heavy atom. The Kier molecular flexibility index (Phi) is 12.7. The number of phenolic OH excluding ortho intramolecular Hbond substituents is 1. The number of amides is 1. The second-order valence-corrected chi connectivity index (χ2v) is 9.13. The fourth-order valence-electron chi connectivity index (χ4n) is 3.64. The summed E-state index contributed by atoms with van der Waals surface area (Å²) in [5.74, 6) is -1.41. The number of carboxylic acid groups (broad SMARTS) is 1. The zero-order chi connectivity index (χ0) is 26.0. The topological polar surface area (TPSA) is 111 Å². The number of nitrogens with one attached hydrogen (secondary N) is 1. The molecule has 1 amide bonds. The Labute approximate surface area is 235 Å². The minimum Gasteiger partial charge on any atom is -0.546 e. The second-order valence-electron chi connectivity index (χ2n) is 9.13. The molecule has 0 radical (unpaired) electrons. The molecule has 1 aromatic rings. The summed E-state index contributed by atoms with van der Waals surface area (Å²) in [7, 11) is 0. The summed E-state index contributed by atoms with van der Waals surface area (Å²) in [4.78, 5) is 27.6. The quantitative estimate of drug-likeness (QED) is 0.176. The van der Waals surface area contributed by atoms with Gasteiger partial charge in [-0.1, -0.05) is 55.0 Å². The normalized spacial score (nSPS) is 17.4. The average molecular weight is 501 g/mol. The van der Waals surface area contributed by atoms with Crippen LogP contribution < -0.4 is 40.0 Å². The van der Waals surface area contributed by atoms with Gasteiger partial charge in [0, 0.05) is 11.8 Å². The van der Waals surface area contributed by atoms with Gasteiger partial charge in [-0.3, -0.25) is 4.79 Å². The predicted octanol–water partition coefficient (Wildman–Crippen LogP) is 1.60. The van der Waals surface area contributed by atoms with Crippen molar-refractivity contribution < 1.29 is 54.2 Å². The van der Waals surface area contributed by atoms with E-state index in [0.29, 0.717) is 12.1 Å². The maximum Gasteiger partial charge on any atom is 1.00 e. The van der Waals surface area contributed by atoms with Gasteiger partial charge in [-0.05, 0) is 80.0 Å². The fraction of sp³-hybridized carbons (Fsp3) is 0.321. The van der Waals surface area contributed by atoms with Crippen molar-refractivity contribution in [2.75, 3.05) is 11.9 Å². The minimum absolute atomic E-state index is 0. The molecule has 0 saturated carbocycles. The number of aromatic hydroxyl groups is 1. The SMILES string of the molecule is CC1=C(/C=C/C(C)=C/C=C/C(C)=C/C(=O)Nc2ccc(O)cc2)C(C)(C)CC/C1=N\OCC(=O)[O-].[Na+]. The number of aliphatic carboxylic acids is 1. The van der Waals surface area contributed by atoms with E-state index in [0.717, 1.165) is 34.4 Å². The van der Waals surface area contributed by atoms with Crippen molar-refractivity contribution in [3.05, 3.63) is 83.0 Å². The Morgan fingerprint density at radius 2 is 1.83 bits per heavy atom. The van der Waals surface area contributed by atoms with Gasteiger partial charge in [-0.2, -0.15) is 0 Å². The van der Waals surface area contributed by atoms with Crippen LogP contribution in [-0.2, 0) is 14.4 Å². The first-order valence-corrected chi connectivity index (χ1v) is 11.4. The first-order valence-electron chi connectivity index (χ1n) is 11.4. The number of allylic oxidation sites excluding steroid dienone is 9. The van der Waals surface area contributed by atoms with Crippen molar-refractivity contribution in [2.24, 2.45) is 10.6 Å². The summed E-state index contributed by atoms with van der Waals surface area (Å²) in [6.45, 7) is 9.58. The van der Waals surface area contributed by atoms with E-state index >= 15 is 0 Å². The molecule has 0 aromatic heterocycles. The van der Waals surface area contributed by atoms with Crippen LogP contribution in [0.1, 0.15) is 47.5 Å². The van der Waals surface area contributed by atoms with Gasteiger partial charge in [0.2, 0.25) is 5.91 Å². The van der Waals surface area contributed by atoms with E-state index in [1.54, 1.807) is 12.1 Å². The van der Waals surface area contributed by atoms with Crippen LogP contribution in [0.5, 0.6) is 5.75 Å². The van der Waals surface area contributed by atoms with Crippen LogP contribution >= 0.6 is 0 Å². The molecule has 1 aromatic carbocycles. The third kappa shape index (κ3) is 10.4. The fourth-order valence-corrected chi connectivity index (χ4v) is 3.64. The van der Waals surface area contributed by atoms with Crippen LogP contribution in [0.4, 0.5) is 5.69 Å². The van der Waals surface area contributed by atoms with Gasteiger partial charge in [0.05, 0.1) is 11.7 Å². The van der Waals surface area contributed by atoms with Crippen LogP contribution in [0.3, 0.4) is 0 Å². The molecule has 0 spiro atoms. The predicted molar refractivity (Wildman–Crippen MR) is 137 cm³/mol. The van der Waals surface area contributed by atoms with Crippen LogP contribution in [-0.4, -0.2) is 29.3 Å². The number of rotatable bonds is 9. The second kappa shape index (κ2) is 14.6. The number of hydrogen-bond acceptors (Lipinski definition) is 6. The maximum atomic E-state index is 12.1. The number of carbonyl (C=O) groups excluding carboxylic acids is 2. The third-order valence-corrected chi connectivity index (χ3v) is 5.63. The molecule has 0 unspecified atom stereocenters. The first-order chi connectivity index (χ1) is 16.5. The summed E-state index contributed by atoms with van der Waals surface area (Å²) in [5, 5.41) is 26.6. The van der Waals surface area contributed by atoms with Gasteiger partial charge < -0.3 is 25.2 Å². The van der Waals surface area contributed by atoms with Gasteiger partial charge in [0.15, 0.2) is 6.61 Å². The van der Waals surface area contributed by atoms with Gasteiger partial charge in [-0.25, -0.2) is 0 Å². The largest absolute Gasteiger partial charge is 1.00 e. The van der Waals surface area contributed by atoms with Gasteiger partial charge in [0.25, 0.3) is 0 Å². The van der Waals surface area contributed by atoms with E-state index in [1.165, 1.54) is 18.2 Å². The number of hydrogen-bond donors (Lipinski definition) is 2. The average Bonchev–Trinajstić information content (AvgIpc) is 2.76. The summed E-state index contributed by atoms with van der Waals surface area (Å²) in [6.07, 6.45) is 12.9. The molecule has 0 bridgehead atoms. The van der Waals surface area contributed by atoms with Crippen molar-refractivity contribution in [3.8, 4) is 5.75 Å². The number of oxime groups is 1. The molecule has 8 heteroatoms. The van der Waals surface area contributed by atoms with Crippen molar-refractivity contribution in [1.82, 2.24) is 0 Å². The molecule has 186 valence electrons. The molecular weight excluding hydrogens is 467 g/mol. The van der Waals surface area contributed by atoms with Crippen LogP contribution in [0, 0.1) is 5.41 Å². The van der Waals surface area contributed by atoms with E-state index in [9.17, 15) is 19.8 Å². The Bertz CT molecular complexity index is 1120. The molecule has 1 aliphatic carbocycles. The van der Waals surface area contributed by atoms with E-state index in [4.69, 9.17) is 4.84 Å². The molecule has 0 saturated heterocycles. The molecule has 2 rings (SSSR count). The van der Waals surface area contributed by atoms with Crippen LogP contribution in [0.2, 0.25) is 0 Å². The van der Waals surface area contributed by atoms with E-state index < -0.39 is 12.6 Å². The Hall–Kier alpha value is -2.87. The standard InChI is InChI=1S/C28H34N2O5.Na/c1-19(7-6-8-20(2)17-26(32)29-22-10-12-23(31)13-11-22)9-14-24-21(3)25(15-16-28(24,4)5)30-35-18-27(33)34;/h6-14,17,31H,15-16,18H2,1-5H3,(H,29,32)(H,33,34);/q;+1/p-1/b8-6+,14-9+,19-7+,20-17+,30-25+;. The summed E-state index contributed by atoms with van der Waals surface area (Å²) in [5.41, 5.74) is 5.23. The number of benzene rings is 1. The minimum atomic E-state index is -1.30. The van der Waals surface area contributed by atoms with Crippen molar-refractivity contribution in [2.45, 2.75) is 47.5 Å². The number of carboxylic acids is 1. The third-order valence-electron chi connectivity index (χ3n) is 5.63. The van der Waals surface area contributed by atoms with E-state index in [-0.39, 0.29) is 46.6 Å². The summed E-state index contributed by atoms with van der Waals surface area (Å²) in [6, 6.07) is 6.28. The Balaban J connectivity index is 0.00000648. The number of carbonyl (C=O) groups is 2. The van der Waals surface area contributed by atoms with Gasteiger partial charge in [0.1, 0.15) is 5.75 Å². The summed E-state index contributed by atoms with van der Waals surface area (Å²) >= 11 is 0. The van der Waals surface area contributed by atoms with Gasteiger partial charge in [-0.15, -0.1) is 0 Å². The number of anilines is 1. The molecule has 36 heavy (non-hydrogen) atoms. The first kappa shape index (κ1) is 31.2. The molecule has 7 nitrogen and oxygen atoms in total. The van der Waals surface area contributed by atoms with Crippen molar-refractivity contribution in [1.29, 1.82) is 0 Å². The molecular formula is C28H33N2NaO5.